The molecule has 0 bridgehead atoms. The van der Waals surface area contributed by atoms with E-state index in [2.05, 4.69) is 69.4 Å². The molecule has 6 heteroatoms. The van der Waals surface area contributed by atoms with E-state index in [0.29, 0.717) is 19.3 Å². The van der Waals surface area contributed by atoms with E-state index in [1.54, 1.807) is 0 Å². The van der Waals surface area contributed by atoms with Crippen molar-refractivity contribution in [2.45, 2.75) is 322 Å². The molecule has 1 unspecified atom stereocenters. The number of hydrogen-bond acceptors (Lipinski definition) is 6. The van der Waals surface area contributed by atoms with Gasteiger partial charge in [-0.05, 0) is 77.0 Å². The van der Waals surface area contributed by atoms with Crippen LogP contribution >= 0.6 is 0 Å². The molecule has 69 heavy (non-hydrogen) atoms. The molecule has 0 spiro atoms. The van der Waals surface area contributed by atoms with E-state index in [4.69, 9.17) is 14.2 Å². The van der Waals surface area contributed by atoms with Crippen LogP contribution in [0.25, 0.3) is 0 Å². The quantitative estimate of drug-likeness (QED) is 0.0262. The van der Waals surface area contributed by atoms with Crippen molar-refractivity contribution in [2.24, 2.45) is 0 Å². The van der Waals surface area contributed by atoms with Gasteiger partial charge in [0.25, 0.3) is 0 Å². The molecular formula is C63H114O6. The SMILES string of the molecule is CC/C=C\C/C=C\C/C=C\CCCCCC(=O)OCC(COC(=O)CCCCCCCCCCCCCCCCCCCCCCCC)OC(=O)CCCCCCC/C=C\CCCCCCCCC. The Morgan fingerprint density at radius 3 is 0.913 bits per heavy atom. The Morgan fingerprint density at radius 1 is 0.304 bits per heavy atom. The van der Waals surface area contributed by atoms with Crippen LogP contribution in [0.15, 0.2) is 48.6 Å². The van der Waals surface area contributed by atoms with Crippen molar-refractivity contribution >= 4 is 17.9 Å². The minimum absolute atomic E-state index is 0.0827. The van der Waals surface area contributed by atoms with Crippen molar-refractivity contribution in [1.29, 1.82) is 0 Å². The van der Waals surface area contributed by atoms with E-state index in [0.717, 1.165) is 96.3 Å². The molecule has 0 heterocycles. The number of ether oxygens (including phenoxy) is 3. The summed E-state index contributed by atoms with van der Waals surface area (Å²) in [6.07, 6.45) is 71.2. The van der Waals surface area contributed by atoms with Gasteiger partial charge >= 0.3 is 17.9 Å². The van der Waals surface area contributed by atoms with Crippen LogP contribution in [0.4, 0.5) is 0 Å². The maximum absolute atomic E-state index is 12.9. The van der Waals surface area contributed by atoms with E-state index in [1.165, 1.54) is 180 Å². The lowest BCUT2D eigenvalue weighted by Crippen LogP contribution is -2.30. The molecule has 0 aromatic heterocycles. The molecule has 0 saturated carbocycles. The van der Waals surface area contributed by atoms with Crippen molar-refractivity contribution in [3.05, 3.63) is 48.6 Å². The monoisotopic (exact) mass is 967 g/mol. The number of unbranched alkanes of at least 4 members (excludes halogenated alkanes) is 36. The van der Waals surface area contributed by atoms with Gasteiger partial charge in [-0.2, -0.15) is 0 Å². The second-order valence-corrected chi connectivity index (χ2v) is 20.2. The average molecular weight is 968 g/mol. The molecule has 0 aliphatic heterocycles. The second-order valence-electron chi connectivity index (χ2n) is 20.2. The zero-order chi connectivity index (χ0) is 50.0. The Balaban J connectivity index is 4.30. The fraction of sp³-hybridized carbons (Fsp3) is 0.825. The molecule has 0 aliphatic rings. The van der Waals surface area contributed by atoms with Gasteiger partial charge in [-0.15, -0.1) is 0 Å². The van der Waals surface area contributed by atoms with Gasteiger partial charge in [-0.25, -0.2) is 0 Å². The van der Waals surface area contributed by atoms with E-state index in [-0.39, 0.29) is 31.1 Å². The summed E-state index contributed by atoms with van der Waals surface area (Å²) in [6.45, 7) is 6.53. The van der Waals surface area contributed by atoms with Gasteiger partial charge in [0.05, 0.1) is 0 Å². The Kier molecular flexibility index (Phi) is 55.7. The Labute approximate surface area is 428 Å². The van der Waals surface area contributed by atoms with Crippen LogP contribution in [0.2, 0.25) is 0 Å². The highest BCUT2D eigenvalue weighted by molar-refractivity contribution is 5.71. The molecule has 0 aromatic carbocycles. The highest BCUT2D eigenvalue weighted by Gasteiger charge is 2.19. The number of carbonyl (C=O) groups is 3. The minimum Gasteiger partial charge on any atom is -0.462 e. The molecule has 402 valence electrons. The molecule has 0 amide bonds. The first-order valence-electron chi connectivity index (χ1n) is 30.1. The first-order chi connectivity index (χ1) is 34.0. The number of carbonyl (C=O) groups excluding carboxylic acids is 3. The van der Waals surface area contributed by atoms with Crippen molar-refractivity contribution in [3.63, 3.8) is 0 Å². The van der Waals surface area contributed by atoms with Crippen molar-refractivity contribution < 1.29 is 28.6 Å². The van der Waals surface area contributed by atoms with Crippen LogP contribution in [0.1, 0.15) is 316 Å². The third-order valence-electron chi connectivity index (χ3n) is 13.3. The summed E-state index contributed by atoms with van der Waals surface area (Å²) in [5.74, 6) is -0.906. The van der Waals surface area contributed by atoms with Crippen molar-refractivity contribution in [3.8, 4) is 0 Å². The van der Waals surface area contributed by atoms with Crippen molar-refractivity contribution in [2.75, 3.05) is 13.2 Å². The summed E-state index contributed by atoms with van der Waals surface area (Å²) < 4.78 is 16.9. The van der Waals surface area contributed by atoms with E-state index >= 15 is 0 Å². The smallest absolute Gasteiger partial charge is 0.306 e. The standard InChI is InChI=1S/C63H114O6/c1-4-7-10-13-16-19-22-25-27-29-30-31-32-33-34-36-38-41-44-47-50-53-56-62(65)68-59-60(58-67-61(64)55-52-49-46-43-40-37-24-21-18-15-12-9-6-3)69-63(66)57-54-51-48-45-42-39-35-28-26-23-20-17-14-11-8-5-2/h9,12,18,21,28,35,37,40,60H,4-8,10-11,13-17,19-20,22-27,29-34,36,38-39,41-59H2,1-3H3/b12-9-,21-18-,35-28-,40-37-. The third kappa shape index (κ3) is 56.2. The number of esters is 3. The van der Waals surface area contributed by atoms with Crippen LogP contribution in [-0.2, 0) is 28.6 Å². The molecule has 0 aliphatic carbocycles. The maximum atomic E-state index is 12.9. The molecule has 0 aromatic rings. The molecule has 0 radical (unpaired) electrons. The van der Waals surface area contributed by atoms with Crippen LogP contribution in [-0.4, -0.2) is 37.2 Å². The van der Waals surface area contributed by atoms with E-state index in [1.807, 2.05) is 0 Å². The lowest BCUT2D eigenvalue weighted by atomic mass is 10.0. The fourth-order valence-corrected chi connectivity index (χ4v) is 8.81. The van der Waals surface area contributed by atoms with Crippen LogP contribution in [0.3, 0.4) is 0 Å². The van der Waals surface area contributed by atoms with Gasteiger partial charge in [0.15, 0.2) is 6.10 Å². The van der Waals surface area contributed by atoms with Crippen LogP contribution in [0.5, 0.6) is 0 Å². The predicted octanol–water partition coefficient (Wildman–Crippen LogP) is 20.2. The van der Waals surface area contributed by atoms with E-state index < -0.39 is 6.10 Å². The Hall–Kier alpha value is -2.63. The summed E-state index contributed by atoms with van der Waals surface area (Å²) in [4.78, 5) is 38.2. The molecular weight excluding hydrogens is 853 g/mol. The third-order valence-corrected chi connectivity index (χ3v) is 13.3. The Morgan fingerprint density at radius 2 is 0.565 bits per heavy atom. The largest absolute Gasteiger partial charge is 0.462 e. The van der Waals surface area contributed by atoms with Gasteiger partial charge in [0.2, 0.25) is 0 Å². The molecule has 0 N–H and O–H groups in total. The molecule has 6 nitrogen and oxygen atoms in total. The van der Waals surface area contributed by atoms with Gasteiger partial charge < -0.3 is 14.2 Å². The topological polar surface area (TPSA) is 78.9 Å². The fourth-order valence-electron chi connectivity index (χ4n) is 8.81. The lowest BCUT2D eigenvalue weighted by Gasteiger charge is -2.18. The van der Waals surface area contributed by atoms with Gasteiger partial charge in [-0.3, -0.25) is 14.4 Å². The normalized spacial score (nSPS) is 12.3. The molecule has 0 rings (SSSR count). The minimum atomic E-state index is -0.787. The summed E-state index contributed by atoms with van der Waals surface area (Å²) in [6, 6.07) is 0. The van der Waals surface area contributed by atoms with Gasteiger partial charge in [-0.1, -0.05) is 268 Å². The number of hydrogen-bond donors (Lipinski definition) is 0. The van der Waals surface area contributed by atoms with Crippen molar-refractivity contribution in [1.82, 2.24) is 0 Å². The lowest BCUT2D eigenvalue weighted by molar-refractivity contribution is -0.167. The summed E-state index contributed by atoms with van der Waals surface area (Å²) >= 11 is 0. The zero-order valence-electron chi connectivity index (χ0n) is 46.1. The molecule has 0 saturated heterocycles. The van der Waals surface area contributed by atoms with Crippen LogP contribution in [0, 0.1) is 0 Å². The van der Waals surface area contributed by atoms with Crippen LogP contribution < -0.4 is 0 Å². The summed E-state index contributed by atoms with van der Waals surface area (Å²) in [5.41, 5.74) is 0. The Bertz CT molecular complexity index is 1200. The first kappa shape index (κ1) is 66.4. The highest BCUT2D eigenvalue weighted by atomic mass is 16.6. The average Bonchev–Trinajstić information content (AvgIpc) is 3.35. The first-order valence-corrected chi connectivity index (χ1v) is 30.1. The maximum Gasteiger partial charge on any atom is 0.306 e. The number of allylic oxidation sites excluding steroid dienone is 8. The second kappa shape index (κ2) is 57.9. The number of rotatable bonds is 55. The van der Waals surface area contributed by atoms with Gasteiger partial charge in [0, 0.05) is 19.3 Å². The molecule has 1 atom stereocenters. The summed E-state index contributed by atoms with van der Waals surface area (Å²) in [7, 11) is 0. The summed E-state index contributed by atoms with van der Waals surface area (Å²) in [5, 5.41) is 0. The molecule has 0 fully saturated rings. The predicted molar refractivity (Wildman–Crippen MR) is 298 cm³/mol. The zero-order valence-corrected chi connectivity index (χ0v) is 46.1. The van der Waals surface area contributed by atoms with Gasteiger partial charge in [0.1, 0.15) is 13.2 Å². The highest BCUT2D eigenvalue weighted by Crippen LogP contribution is 2.17. The van der Waals surface area contributed by atoms with E-state index in [9.17, 15) is 14.4 Å².